The lowest BCUT2D eigenvalue weighted by molar-refractivity contribution is -0.121. The molecular formula is C17H22N4O4. The molecule has 25 heavy (non-hydrogen) atoms. The summed E-state index contributed by atoms with van der Waals surface area (Å²) in [6, 6.07) is 1.80. The molecule has 134 valence electrons. The molecule has 0 radical (unpaired) electrons. The number of ether oxygens (including phenoxy) is 2. The first-order valence-corrected chi connectivity index (χ1v) is 8.27. The van der Waals surface area contributed by atoms with E-state index in [1.54, 1.807) is 24.8 Å². The molecule has 2 aromatic heterocycles. The number of nitrogens with zero attached hydrogens (tertiary/aromatic N) is 3. The number of aryl methyl sites for hydroxylation is 1. The molecule has 8 heteroatoms. The monoisotopic (exact) mass is 346 g/mol. The minimum absolute atomic E-state index is 0.0375. The van der Waals surface area contributed by atoms with Crippen LogP contribution in [0.5, 0.6) is 0 Å². The molecule has 0 atom stereocenters. The van der Waals surface area contributed by atoms with E-state index in [1.165, 1.54) is 7.11 Å². The highest BCUT2D eigenvalue weighted by molar-refractivity contribution is 6.04. The van der Waals surface area contributed by atoms with Crippen LogP contribution in [0.15, 0.2) is 6.07 Å². The highest BCUT2D eigenvalue weighted by Crippen LogP contribution is 2.40. The van der Waals surface area contributed by atoms with Crippen molar-refractivity contribution in [2.45, 2.75) is 32.2 Å². The summed E-state index contributed by atoms with van der Waals surface area (Å²) in [6.07, 6.45) is 2.12. The molecule has 8 nitrogen and oxygen atoms in total. The largest absolute Gasteiger partial charge is 0.465 e. The Bertz CT molecular complexity index is 811. The number of amides is 1. The summed E-state index contributed by atoms with van der Waals surface area (Å²) in [6.45, 7) is 2.71. The Hall–Kier alpha value is -2.48. The number of methoxy groups -OCH3 is 2. The molecule has 1 N–H and O–H groups in total. The quantitative estimate of drug-likeness (QED) is 0.597. The van der Waals surface area contributed by atoms with E-state index in [1.807, 2.05) is 0 Å². The Balaban J connectivity index is 1.98. The van der Waals surface area contributed by atoms with Crippen molar-refractivity contribution in [2.75, 3.05) is 27.4 Å². The fraction of sp³-hybridized carbons (Fsp3) is 0.529. The van der Waals surface area contributed by atoms with E-state index in [2.05, 4.69) is 15.4 Å². The van der Waals surface area contributed by atoms with Crippen molar-refractivity contribution >= 4 is 22.9 Å². The molecule has 3 rings (SSSR count). The average molecular weight is 346 g/mol. The topological polar surface area (TPSA) is 95.3 Å². The maximum absolute atomic E-state index is 12.2. The van der Waals surface area contributed by atoms with Gasteiger partial charge >= 0.3 is 5.97 Å². The fourth-order valence-electron chi connectivity index (χ4n) is 2.83. The van der Waals surface area contributed by atoms with Gasteiger partial charge in [0.25, 0.3) is 0 Å². The minimum atomic E-state index is -0.415. The van der Waals surface area contributed by atoms with Gasteiger partial charge in [0.05, 0.1) is 30.4 Å². The zero-order chi connectivity index (χ0) is 18.0. The number of esters is 1. The average Bonchev–Trinajstić information content (AvgIpc) is 3.40. The number of carbonyl (C=O) groups excluding carboxylic acids is 2. The van der Waals surface area contributed by atoms with E-state index in [-0.39, 0.29) is 12.5 Å². The summed E-state index contributed by atoms with van der Waals surface area (Å²) in [4.78, 5) is 29.0. The van der Waals surface area contributed by atoms with Crippen LogP contribution in [0.3, 0.4) is 0 Å². The molecule has 0 bridgehead atoms. The van der Waals surface area contributed by atoms with Gasteiger partial charge in [0.1, 0.15) is 6.54 Å². The Morgan fingerprint density at radius 3 is 2.76 bits per heavy atom. The van der Waals surface area contributed by atoms with Crippen molar-refractivity contribution in [1.29, 1.82) is 0 Å². The first-order valence-electron chi connectivity index (χ1n) is 8.27. The lowest BCUT2D eigenvalue weighted by Gasteiger charge is -2.08. The number of hydrogen-bond donors (Lipinski definition) is 1. The minimum Gasteiger partial charge on any atom is -0.465 e. The SMILES string of the molecule is COCCNC(=O)Cn1nc(C)c2c(C(=O)OC)cc(C3CC3)nc21. The molecule has 1 amide bonds. The van der Waals surface area contributed by atoms with Gasteiger partial charge < -0.3 is 14.8 Å². The summed E-state index contributed by atoms with van der Waals surface area (Å²) in [5.74, 6) is -0.229. The van der Waals surface area contributed by atoms with E-state index in [0.29, 0.717) is 41.4 Å². The van der Waals surface area contributed by atoms with Crippen LogP contribution in [-0.2, 0) is 20.8 Å². The van der Waals surface area contributed by atoms with Crippen LogP contribution in [0.4, 0.5) is 0 Å². The molecule has 2 heterocycles. The maximum Gasteiger partial charge on any atom is 0.338 e. The maximum atomic E-state index is 12.2. The van der Waals surface area contributed by atoms with Gasteiger partial charge in [-0.1, -0.05) is 0 Å². The highest BCUT2D eigenvalue weighted by atomic mass is 16.5. The summed E-state index contributed by atoms with van der Waals surface area (Å²) in [7, 11) is 2.93. The zero-order valence-electron chi connectivity index (χ0n) is 14.7. The van der Waals surface area contributed by atoms with Crippen LogP contribution in [0.1, 0.15) is 40.5 Å². The normalized spacial score (nSPS) is 13.9. The van der Waals surface area contributed by atoms with Crippen molar-refractivity contribution < 1.29 is 19.1 Å². The molecule has 0 saturated heterocycles. The van der Waals surface area contributed by atoms with E-state index >= 15 is 0 Å². The number of fused-ring (bicyclic) bond motifs is 1. The molecule has 1 saturated carbocycles. The first kappa shape index (κ1) is 17.3. The van der Waals surface area contributed by atoms with Crippen molar-refractivity contribution in [2.24, 2.45) is 0 Å². The second-order valence-electron chi connectivity index (χ2n) is 6.14. The Labute approximate surface area is 145 Å². The van der Waals surface area contributed by atoms with E-state index in [4.69, 9.17) is 9.47 Å². The second-order valence-corrected chi connectivity index (χ2v) is 6.14. The van der Waals surface area contributed by atoms with Gasteiger partial charge in [-0.15, -0.1) is 0 Å². The number of hydrogen-bond acceptors (Lipinski definition) is 6. The molecule has 0 unspecified atom stereocenters. The van der Waals surface area contributed by atoms with Crippen LogP contribution in [-0.4, -0.2) is 54.0 Å². The Kier molecular flexibility index (Phi) is 4.98. The number of aromatic nitrogens is 3. The third-order valence-electron chi connectivity index (χ3n) is 4.22. The lowest BCUT2D eigenvalue weighted by atomic mass is 10.1. The van der Waals surface area contributed by atoms with Crippen molar-refractivity contribution in [3.8, 4) is 0 Å². The van der Waals surface area contributed by atoms with Gasteiger partial charge in [-0.3, -0.25) is 4.79 Å². The van der Waals surface area contributed by atoms with Gasteiger partial charge in [-0.25, -0.2) is 14.5 Å². The Morgan fingerprint density at radius 2 is 2.12 bits per heavy atom. The number of rotatable bonds is 7. The molecule has 0 spiro atoms. The van der Waals surface area contributed by atoms with Crippen LogP contribution in [0.2, 0.25) is 0 Å². The van der Waals surface area contributed by atoms with Crippen LogP contribution >= 0.6 is 0 Å². The molecule has 1 aliphatic carbocycles. The van der Waals surface area contributed by atoms with Crippen LogP contribution in [0, 0.1) is 6.92 Å². The van der Waals surface area contributed by atoms with Crippen LogP contribution in [0.25, 0.3) is 11.0 Å². The zero-order valence-corrected chi connectivity index (χ0v) is 14.7. The summed E-state index contributed by atoms with van der Waals surface area (Å²) in [5.41, 5.74) is 2.51. The number of pyridine rings is 1. The first-order chi connectivity index (χ1) is 12.0. The predicted octanol–water partition coefficient (Wildman–Crippen LogP) is 1.17. The van der Waals surface area contributed by atoms with Gasteiger partial charge in [0.2, 0.25) is 5.91 Å². The number of carbonyl (C=O) groups is 2. The summed E-state index contributed by atoms with van der Waals surface area (Å²) < 4.78 is 11.4. The fourth-order valence-corrected chi connectivity index (χ4v) is 2.83. The molecule has 2 aromatic rings. The van der Waals surface area contributed by atoms with Crippen molar-refractivity contribution in [3.05, 3.63) is 23.0 Å². The van der Waals surface area contributed by atoms with Crippen molar-refractivity contribution in [3.63, 3.8) is 0 Å². The summed E-state index contributed by atoms with van der Waals surface area (Å²) >= 11 is 0. The standard InChI is InChI=1S/C17H22N4O4/c1-10-15-12(17(23)25-3)8-13(11-4-5-11)19-16(15)21(20-10)9-14(22)18-6-7-24-2/h8,11H,4-7,9H2,1-3H3,(H,18,22). The summed E-state index contributed by atoms with van der Waals surface area (Å²) in [5, 5.41) is 7.81. The molecule has 1 aliphatic rings. The predicted molar refractivity (Wildman–Crippen MR) is 90.5 cm³/mol. The van der Waals surface area contributed by atoms with E-state index in [9.17, 15) is 9.59 Å². The van der Waals surface area contributed by atoms with Gasteiger partial charge in [-0.05, 0) is 25.8 Å². The molecular weight excluding hydrogens is 324 g/mol. The van der Waals surface area contributed by atoms with E-state index in [0.717, 1.165) is 18.5 Å². The molecule has 1 fully saturated rings. The molecule has 0 aliphatic heterocycles. The highest BCUT2D eigenvalue weighted by Gasteiger charge is 2.29. The van der Waals surface area contributed by atoms with Gasteiger partial charge in [0, 0.05) is 25.3 Å². The van der Waals surface area contributed by atoms with Gasteiger partial charge in [0.15, 0.2) is 5.65 Å². The number of nitrogens with one attached hydrogen (secondary N) is 1. The third-order valence-corrected chi connectivity index (χ3v) is 4.22. The Morgan fingerprint density at radius 1 is 1.36 bits per heavy atom. The van der Waals surface area contributed by atoms with E-state index < -0.39 is 5.97 Å². The van der Waals surface area contributed by atoms with Crippen molar-refractivity contribution in [1.82, 2.24) is 20.1 Å². The van der Waals surface area contributed by atoms with Gasteiger partial charge in [-0.2, -0.15) is 5.10 Å². The smallest absolute Gasteiger partial charge is 0.338 e. The molecule has 0 aromatic carbocycles. The third kappa shape index (κ3) is 3.63. The lowest BCUT2D eigenvalue weighted by Crippen LogP contribution is -2.30. The van der Waals surface area contributed by atoms with Crippen LogP contribution < -0.4 is 5.32 Å². The second kappa shape index (κ2) is 7.18.